The molecule has 3 nitrogen and oxygen atoms in total. The molecule has 86 valence electrons. The van der Waals surface area contributed by atoms with Crippen molar-refractivity contribution in [3.63, 3.8) is 0 Å². The van der Waals surface area contributed by atoms with Crippen LogP contribution in [-0.4, -0.2) is 10.9 Å². The van der Waals surface area contributed by atoms with E-state index in [9.17, 15) is 4.79 Å². The number of anilines is 1. The quantitative estimate of drug-likeness (QED) is 0.814. The van der Waals surface area contributed by atoms with Crippen molar-refractivity contribution in [1.29, 1.82) is 0 Å². The molecule has 2 aromatic rings. The van der Waals surface area contributed by atoms with Gasteiger partial charge in [0.15, 0.2) is 0 Å². The van der Waals surface area contributed by atoms with Crippen LogP contribution in [0.25, 0.3) is 0 Å². The molecule has 1 aromatic carbocycles. The number of aromatic amines is 1. The molecule has 0 spiro atoms. The number of halogens is 1. The molecule has 0 radical (unpaired) electrons. The molecule has 0 fully saturated rings. The van der Waals surface area contributed by atoms with E-state index >= 15 is 0 Å². The fourth-order valence-corrected chi connectivity index (χ4v) is 1.76. The Labute approximate surface area is 108 Å². The van der Waals surface area contributed by atoms with Gasteiger partial charge in [0, 0.05) is 6.20 Å². The van der Waals surface area contributed by atoms with E-state index in [1.807, 2.05) is 0 Å². The summed E-state index contributed by atoms with van der Waals surface area (Å²) in [4.78, 5) is 14.8. The minimum absolute atomic E-state index is 0.277. The Morgan fingerprint density at radius 2 is 2.00 bits per heavy atom. The predicted octanol–water partition coefficient (Wildman–Crippen LogP) is 3.65. The summed E-state index contributed by atoms with van der Waals surface area (Å²) in [5.41, 5.74) is 0.986. The Morgan fingerprint density at radius 1 is 1.24 bits per heavy atom. The molecule has 2 N–H and O–H groups in total. The average molecular weight is 265 g/mol. The van der Waals surface area contributed by atoms with Crippen molar-refractivity contribution < 1.29 is 4.79 Å². The highest BCUT2D eigenvalue weighted by molar-refractivity contribution is 7.71. The average Bonchev–Trinajstić information content (AvgIpc) is 2.32. The summed E-state index contributed by atoms with van der Waals surface area (Å²) in [5, 5.41) is 3.12. The van der Waals surface area contributed by atoms with Gasteiger partial charge < -0.3 is 10.3 Å². The predicted molar refractivity (Wildman–Crippen MR) is 71.0 cm³/mol. The Balaban J connectivity index is 2.27. The Bertz CT molecular complexity index is 609. The normalized spacial score (nSPS) is 9.94. The zero-order chi connectivity index (χ0) is 12.3. The molecule has 0 saturated heterocycles. The van der Waals surface area contributed by atoms with Crippen LogP contribution in [-0.2, 0) is 0 Å². The maximum absolute atomic E-state index is 11.9. The van der Waals surface area contributed by atoms with Crippen LogP contribution in [0.15, 0.2) is 42.6 Å². The number of pyridine rings is 1. The number of hydrogen-bond acceptors (Lipinski definition) is 2. The first-order valence-corrected chi connectivity index (χ1v) is 5.70. The molecule has 0 atom stereocenters. The van der Waals surface area contributed by atoms with Gasteiger partial charge in [0.25, 0.3) is 5.91 Å². The first-order chi connectivity index (χ1) is 8.18. The van der Waals surface area contributed by atoms with E-state index in [4.69, 9.17) is 23.8 Å². The second-order valence-electron chi connectivity index (χ2n) is 3.35. The fraction of sp³-hybridized carbons (Fsp3) is 0. The van der Waals surface area contributed by atoms with Crippen molar-refractivity contribution in [3.05, 3.63) is 57.8 Å². The first kappa shape index (κ1) is 11.8. The van der Waals surface area contributed by atoms with E-state index in [0.717, 1.165) is 0 Å². The van der Waals surface area contributed by atoms with Gasteiger partial charge in [0.2, 0.25) is 0 Å². The Kier molecular flexibility index (Phi) is 3.56. The molecule has 0 unspecified atom stereocenters. The van der Waals surface area contributed by atoms with E-state index in [1.165, 1.54) is 0 Å². The van der Waals surface area contributed by atoms with Crippen LogP contribution in [0.1, 0.15) is 10.4 Å². The number of rotatable bonds is 2. The second kappa shape index (κ2) is 5.12. The van der Waals surface area contributed by atoms with Gasteiger partial charge in [0.05, 0.1) is 16.3 Å². The smallest absolute Gasteiger partial charge is 0.257 e. The van der Waals surface area contributed by atoms with Crippen LogP contribution in [0.5, 0.6) is 0 Å². The topological polar surface area (TPSA) is 44.9 Å². The number of hydrogen-bond donors (Lipinski definition) is 2. The zero-order valence-corrected chi connectivity index (χ0v) is 10.3. The number of H-pyrrole nitrogens is 1. The molecule has 0 aliphatic rings. The van der Waals surface area contributed by atoms with E-state index in [-0.39, 0.29) is 5.91 Å². The highest BCUT2D eigenvalue weighted by Gasteiger charge is 2.09. The highest BCUT2D eigenvalue weighted by Crippen LogP contribution is 2.17. The number of carbonyl (C=O) groups excluding carboxylic acids is 1. The van der Waals surface area contributed by atoms with Gasteiger partial charge in [-0.2, -0.15) is 0 Å². The van der Waals surface area contributed by atoms with Gasteiger partial charge in [-0.05, 0) is 24.3 Å². The van der Waals surface area contributed by atoms with Gasteiger partial charge in [-0.1, -0.05) is 36.0 Å². The lowest BCUT2D eigenvalue weighted by molar-refractivity contribution is 0.102. The zero-order valence-electron chi connectivity index (χ0n) is 8.74. The lowest BCUT2D eigenvalue weighted by Gasteiger charge is -2.06. The van der Waals surface area contributed by atoms with Crippen molar-refractivity contribution in [2.75, 3.05) is 5.32 Å². The van der Waals surface area contributed by atoms with Gasteiger partial charge in [-0.15, -0.1) is 0 Å². The minimum atomic E-state index is -0.277. The standard InChI is InChI=1S/C12H9ClN2OS/c13-9-5-2-1-4-8(9)11(16)15-10-6-3-7-14-12(10)17/h1-7H,(H,14,17)(H,15,16). The molecule has 0 aliphatic heterocycles. The van der Waals surface area contributed by atoms with Crippen LogP contribution in [0, 0.1) is 4.64 Å². The maximum atomic E-state index is 11.9. The monoisotopic (exact) mass is 264 g/mol. The summed E-state index contributed by atoms with van der Waals surface area (Å²) >= 11 is 11.0. The number of benzene rings is 1. The molecule has 0 aliphatic carbocycles. The lowest BCUT2D eigenvalue weighted by atomic mass is 10.2. The van der Waals surface area contributed by atoms with Gasteiger partial charge in [-0.3, -0.25) is 4.79 Å². The van der Waals surface area contributed by atoms with Crippen LogP contribution in [0.3, 0.4) is 0 Å². The number of nitrogens with one attached hydrogen (secondary N) is 2. The molecule has 2 rings (SSSR count). The summed E-state index contributed by atoms with van der Waals surface area (Å²) in [6.45, 7) is 0. The minimum Gasteiger partial charge on any atom is -0.351 e. The maximum Gasteiger partial charge on any atom is 0.257 e. The molecule has 1 aromatic heterocycles. The molecule has 0 saturated carbocycles. The first-order valence-electron chi connectivity index (χ1n) is 4.92. The van der Waals surface area contributed by atoms with Crippen molar-refractivity contribution in [3.8, 4) is 0 Å². The number of amides is 1. The van der Waals surface area contributed by atoms with Crippen LogP contribution < -0.4 is 5.32 Å². The third-order valence-electron chi connectivity index (χ3n) is 2.18. The van der Waals surface area contributed by atoms with Crippen LogP contribution in [0.2, 0.25) is 5.02 Å². The molecule has 5 heteroatoms. The van der Waals surface area contributed by atoms with Crippen molar-refractivity contribution in [2.45, 2.75) is 0 Å². The molecule has 1 amide bonds. The molecule has 0 bridgehead atoms. The number of carbonyl (C=O) groups is 1. The van der Waals surface area contributed by atoms with Crippen LogP contribution in [0.4, 0.5) is 5.69 Å². The third-order valence-corrected chi connectivity index (χ3v) is 2.85. The van der Waals surface area contributed by atoms with Gasteiger partial charge in [0.1, 0.15) is 4.64 Å². The van der Waals surface area contributed by atoms with Gasteiger partial charge in [-0.25, -0.2) is 0 Å². The van der Waals surface area contributed by atoms with Gasteiger partial charge >= 0.3 is 0 Å². The summed E-state index contributed by atoms with van der Waals surface area (Å²) < 4.78 is 0.480. The van der Waals surface area contributed by atoms with Crippen LogP contribution >= 0.6 is 23.8 Å². The van der Waals surface area contributed by atoms with Crippen molar-refractivity contribution >= 4 is 35.4 Å². The fourth-order valence-electron chi connectivity index (χ4n) is 1.36. The van der Waals surface area contributed by atoms with E-state index < -0.39 is 0 Å². The summed E-state index contributed by atoms with van der Waals surface area (Å²) in [7, 11) is 0. The molecular formula is C12H9ClN2OS. The summed E-state index contributed by atoms with van der Waals surface area (Å²) in [6.07, 6.45) is 1.70. The Morgan fingerprint density at radius 3 is 2.71 bits per heavy atom. The third kappa shape index (κ3) is 2.72. The van der Waals surface area contributed by atoms with E-state index in [0.29, 0.717) is 20.9 Å². The molecule has 17 heavy (non-hydrogen) atoms. The lowest BCUT2D eigenvalue weighted by Crippen LogP contribution is -2.12. The van der Waals surface area contributed by atoms with Crippen molar-refractivity contribution in [2.24, 2.45) is 0 Å². The highest BCUT2D eigenvalue weighted by atomic mass is 35.5. The van der Waals surface area contributed by atoms with E-state index in [2.05, 4.69) is 10.3 Å². The molecular weight excluding hydrogens is 256 g/mol. The summed E-state index contributed by atoms with van der Waals surface area (Å²) in [6, 6.07) is 10.3. The molecule has 1 heterocycles. The summed E-state index contributed by atoms with van der Waals surface area (Å²) in [5.74, 6) is -0.277. The van der Waals surface area contributed by atoms with Crippen molar-refractivity contribution in [1.82, 2.24) is 4.98 Å². The second-order valence-corrected chi connectivity index (χ2v) is 4.16. The number of aromatic nitrogens is 1. The largest absolute Gasteiger partial charge is 0.351 e. The Hall–Kier alpha value is -1.65. The van der Waals surface area contributed by atoms with E-state index in [1.54, 1.807) is 42.6 Å². The SMILES string of the molecule is O=C(Nc1ccc[nH]c1=S)c1ccccc1Cl.